The molecule has 1 fully saturated rings. The third kappa shape index (κ3) is 2.18. The van der Waals surface area contributed by atoms with Crippen molar-refractivity contribution in [3.05, 3.63) is 29.8 Å². The molecule has 1 saturated carbocycles. The van der Waals surface area contributed by atoms with Crippen LogP contribution in [0.25, 0.3) is 0 Å². The molecule has 1 aromatic rings. The number of carbonyl (C=O) groups is 1. The predicted octanol–water partition coefficient (Wildman–Crippen LogP) is 3.21. The number of thioether (sulfide) groups is 1. The van der Waals surface area contributed by atoms with Gasteiger partial charge in [-0.1, -0.05) is 17.7 Å². The van der Waals surface area contributed by atoms with Gasteiger partial charge in [-0.15, -0.1) is 11.8 Å². The number of hydrogen-bond acceptors (Lipinski definition) is 2. The zero-order valence-electron chi connectivity index (χ0n) is 8.32. The van der Waals surface area contributed by atoms with E-state index in [1.54, 1.807) is 11.8 Å². The summed E-state index contributed by atoms with van der Waals surface area (Å²) in [4.78, 5) is 12.6. The SMILES string of the molecule is Cc1ccc(SC2CCCC2=O)cc1. The maximum absolute atomic E-state index is 11.4. The molecule has 0 saturated heterocycles. The summed E-state index contributed by atoms with van der Waals surface area (Å²) in [6.45, 7) is 2.08. The third-order valence-corrected chi connectivity index (χ3v) is 3.88. The van der Waals surface area contributed by atoms with Crippen LogP contribution in [0.5, 0.6) is 0 Å². The van der Waals surface area contributed by atoms with Crippen LogP contribution in [0.3, 0.4) is 0 Å². The number of hydrogen-bond donors (Lipinski definition) is 0. The zero-order chi connectivity index (χ0) is 9.97. The van der Waals surface area contributed by atoms with Crippen molar-refractivity contribution in [2.24, 2.45) is 0 Å². The topological polar surface area (TPSA) is 17.1 Å². The van der Waals surface area contributed by atoms with E-state index in [4.69, 9.17) is 0 Å². The maximum atomic E-state index is 11.4. The van der Waals surface area contributed by atoms with E-state index in [1.165, 1.54) is 10.5 Å². The van der Waals surface area contributed by atoms with Gasteiger partial charge in [-0.25, -0.2) is 0 Å². The summed E-state index contributed by atoms with van der Waals surface area (Å²) in [5, 5.41) is 0.220. The Kier molecular flexibility index (Phi) is 2.92. The van der Waals surface area contributed by atoms with Crippen LogP contribution in [0.2, 0.25) is 0 Å². The predicted molar refractivity (Wildman–Crippen MR) is 59.7 cm³/mol. The lowest BCUT2D eigenvalue weighted by molar-refractivity contribution is -0.116. The Morgan fingerprint density at radius 3 is 2.57 bits per heavy atom. The number of aryl methyl sites for hydroxylation is 1. The second kappa shape index (κ2) is 4.18. The Balaban J connectivity index is 2.03. The molecule has 0 aliphatic heterocycles. The highest BCUT2D eigenvalue weighted by atomic mass is 32.2. The molecule has 0 heterocycles. The molecule has 1 aromatic carbocycles. The van der Waals surface area contributed by atoms with Crippen molar-refractivity contribution in [3.8, 4) is 0 Å². The van der Waals surface area contributed by atoms with Crippen LogP contribution in [-0.2, 0) is 4.79 Å². The fraction of sp³-hybridized carbons (Fsp3) is 0.417. The monoisotopic (exact) mass is 206 g/mol. The van der Waals surface area contributed by atoms with Gasteiger partial charge >= 0.3 is 0 Å². The summed E-state index contributed by atoms with van der Waals surface area (Å²) < 4.78 is 0. The summed E-state index contributed by atoms with van der Waals surface area (Å²) in [6, 6.07) is 8.40. The van der Waals surface area contributed by atoms with E-state index in [1.807, 2.05) is 0 Å². The van der Waals surface area contributed by atoms with Crippen LogP contribution < -0.4 is 0 Å². The highest BCUT2D eigenvalue weighted by molar-refractivity contribution is 8.00. The van der Waals surface area contributed by atoms with Crippen LogP contribution in [0.4, 0.5) is 0 Å². The Hall–Kier alpha value is -0.760. The summed E-state index contributed by atoms with van der Waals surface area (Å²) >= 11 is 1.72. The smallest absolute Gasteiger partial charge is 0.146 e. The van der Waals surface area contributed by atoms with E-state index >= 15 is 0 Å². The van der Waals surface area contributed by atoms with Crippen molar-refractivity contribution in [1.29, 1.82) is 0 Å². The van der Waals surface area contributed by atoms with Crippen molar-refractivity contribution < 1.29 is 4.79 Å². The number of benzene rings is 1. The molecular weight excluding hydrogens is 192 g/mol. The van der Waals surface area contributed by atoms with Crippen LogP contribution in [-0.4, -0.2) is 11.0 Å². The largest absolute Gasteiger partial charge is 0.298 e. The molecule has 1 aliphatic carbocycles. The molecular formula is C12H14OS. The highest BCUT2D eigenvalue weighted by Gasteiger charge is 2.24. The maximum Gasteiger partial charge on any atom is 0.146 e. The van der Waals surface area contributed by atoms with E-state index in [2.05, 4.69) is 31.2 Å². The Morgan fingerprint density at radius 2 is 2.00 bits per heavy atom. The molecule has 2 rings (SSSR count). The molecule has 74 valence electrons. The van der Waals surface area contributed by atoms with Crippen molar-refractivity contribution in [2.45, 2.75) is 36.3 Å². The van der Waals surface area contributed by atoms with E-state index in [0.717, 1.165) is 19.3 Å². The molecule has 0 spiro atoms. The van der Waals surface area contributed by atoms with Crippen LogP contribution in [0.1, 0.15) is 24.8 Å². The minimum atomic E-state index is 0.220. The standard InChI is InChI=1S/C12H14OS/c1-9-5-7-10(8-6-9)14-12-4-2-3-11(12)13/h5-8,12H,2-4H2,1H3. The minimum absolute atomic E-state index is 0.220. The third-order valence-electron chi connectivity index (χ3n) is 2.55. The first kappa shape index (κ1) is 9.78. The van der Waals surface area contributed by atoms with Crippen LogP contribution in [0.15, 0.2) is 29.2 Å². The fourth-order valence-electron chi connectivity index (χ4n) is 1.69. The van der Waals surface area contributed by atoms with E-state index in [9.17, 15) is 4.79 Å². The molecule has 0 aromatic heterocycles. The van der Waals surface area contributed by atoms with Gasteiger partial charge in [0, 0.05) is 11.3 Å². The molecule has 0 amide bonds. The molecule has 0 radical (unpaired) electrons. The van der Waals surface area contributed by atoms with Gasteiger partial charge in [0.2, 0.25) is 0 Å². The van der Waals surface area contributed by atoms with Gasteiger partial charge in [0.25, 0.3) is 0 Å². The quantitative estimate of drug-likeness (QED) is 0.739. The summed E-state index contributed by atoms with van der Waals surface area (Å²) in [5.74, 6) is 0.426. The van der Waals surface area contributed by atoms with Crippen molar-refractivity contribution >= 4 is 17.5 Å². The Bertz CT molecular complexity index is 329. The first-order chi connectivity index (χ1) is 6.75. The van der Waals surface area contributed by atoms with Crippen molar-refractivity contribution in [1.82, 2.24) is 0 Å². The normalized spacial score (nSPS) is 21.5. The molecule has 1 aliphatic rings. The second-order valence-corrected chi connectivity index (χ2v) is 5.05. The molecule has 0 bridgehead atoms. The Labute approximate surface area is 88.9 Å². The van der Waals surface area contributed by atoms with E-state index in [0.29, 0.717) is 5.78 Å². The van der Waals surface area contributed by atoms with Crippen LogP contribution >= 0.6 is 11.8 Å². The molecule has 1 unspecified atom stereocenters. The number of rotatable bonds is 2. The van der Waals surface area contributed by atoms with Gasteiger partial charge in [0.05, 0.1) is 5.25 Å². The lowest BCUT2D eigenvalue weighted by Crippen LogP contribution is -2.07. The van der Waals surface area contributed by atoms with Gasteiger partial charge < -0.3 is 0 Å². The molecule has 0 N–H and O–H groups in total. The molecule has 1 nitrogen and oxygen atoms in total. The minimum Gasteiger partial charge on any atom is -0.298 e. The van der Waals surface area contributed by atoms with Crippen molar-refractivity contribution in [3.63, 3.8) is 0 Å². The average molecular weight is 206 g/mol. The highest BCUT2D eigenvalue weighted by Crippen LogP contribution is 2.32. The summed E-state index contributed by atoms with van der Waals surface area (Å²) in [6.07, 6.45) is 2.91. The summed E-state index contributed by atoms with van der Waals surface area (Å²) in [7, 11) is 0. The average Bonchev–Trinajstić information content (AvgIpc) is 2.56. The number of ketones is 1. The molecule has 1 atom stereocenters. The molecule has 2 heteroatoms. The number of carbonyl (C=O) groups excluding carboxylic acids is 1. The molecule has 14 heavy (non-hydrogen) atoms. The van der Waals surface area contributed by atoms with Gasteiger partial charge in [0.15, 0.2) is 0 Å². The van der Waals surface area contributed by atoms with Gasteiger partial charge in [-0.3, -0.25) is 4.79 Å². The lowest BCUT2D eigenvalue weighted by atomic mass is 10.2. The van der Waals surface area contributed by atoms with E-state index in [-0.39, 0.29) is 5.25 Å². The first-order valence-electron chi connectivity index (χ1n) is 5.02. The van der Waals surface area contributed by atoms with Crippen LogP contribution in [0, 0.1) is 6.92 Å². The van der Waals surface area contributed by atoms with Gasteiger partial charge in [-0.05, 0) is 31.9 Å². The van der Waals surface area contributed by atoms with Crippen molar-refractivity contribution in [2.75, 3.05) is 0 Å². The lowest BCUT2D eigenvalue weighted by Gasteiger charge is -2.07. The Morgan fingerprint density at radius 1 is 1.29 bits per heavy atom. The van der Waals surface area contributed by atoms with Gasteiger partial charge in [-0.2, -0.15) is 0 Å². The fourth-order valence-corrected chi connectivity index (χ4v) is 2.84. The van der Waals surface area contributed by atoms with E-state index < -0.39 is 0 Å². The first-order valence-corrected chi connectivity index (χ1v) is 5.90. The van der Waals surface area contributed by atoms with Gasteiger partial charge in [0.1, 0.15) is 5.78 Å². The second-order valence-electron chi connectivity index (χ2n) is 3.78. The zero-order valence-corrected chi connectivity index (χ0v) is 9.14. The number of Topliss-reactive ketones (excluding diaryl/α,β-unsaturated/α-hetero) is 1. The summed E-state index contributed by atoms with van der Waals surface area (Å²) in [5.41, 5.74) is 1.27.